The Balaban J connectivity index is 2.36. The van der Waals surface area contributed by atoms with Crippen molar-refractivity contribution in [2.24, 2.45) is 4.99 Å². The number of ketones is 1. The summed E-state index contributed by atoms with van der Waals surface area (Å²) in [7, 11) is 0. The summed E-state index contributed by atoms with van der Waals surface area (Å²) in [6, 6.07) is 7.17. The van der Waals surface area contributed by atoms with Gasteiger partial charge in [-0.05, 0) is 6.07 Å². The molecule has 0 amide bonds. The zero-order chi connectivity index (χ0) is 11.5. The van der Waals surface area contributed by atoms with E-state index in [-0.39, 0.29) is 5.70 Å². The van der Waals surface area contributed by atoms with Crippen molar-refractivity contribution >= 4 is 23.7 Å². The molecule has 1 aromatic rings. The monoisotopic (exact) mass is 216 g/mol. The van der Waals surface area contributed by atoms with Gasteiger partial charge in [-0.1, -0.05) is 18.2 Å². The van der Waals surface area contributed by atoms with Gasteiger partial charge in [0.05, 0.1) is 6.20 Å². The van der Waals surface area contributed by atoms with Crippen molar-refractivity contribution in [3.8, 4) is 0 Å². The second-order valence-electron chi connectivity index (χ2n) is 3.17. The van der Waals surface area contributed by atoms with E-state index in [1.54, 1.807) is 18.3 Å². The van der Waals surface area contributed by atoms with Gasteiger partial charge in [-0.3, -0.25) is 9.79 Å². The number of Topliss-reactive ketones (excluding diaryl/α,β-unsaturated/α-hetero) is 1. The summed E-state index contributed by atoms with van der Waals surface area (Å²) in [5.41, 5.74) is 1.41. The van der Waals surface area contributed by atoms with E-state index in [2.05, 4.69) is 10.3 Å². The summed E-state index contributed by atoms with van der Waals surface area (Å²) < 4.78 is 0. The second-order valence-corrected chi connectivity index (χ2v) is 3.17. The molecule has 16 heavy (non-hydrogen) atoms. The summed E-state index contributed by atoms with van der Waals surface area (Å²) >= 11 is 0. The lowest BCUT2D eigenvalue weighted by Crippen LogP contribution is -2.20. The molecule has 0 saturated heterocycles. The fourth-order valence-electron chi connectivity index (χ4n) is 1.32. The number of carbonyl (C=O) groups excluding carboxylic acids is 1. The Kier molecular flexibility index (Phi) is 2.51. The van der Waals surface area contributed by atoms with Crippen LogP contribution in [0.25, 0.3) is 0 Å². The first kappa shape index (κ1) is 10.1. The number of aliphatic imine (C=N–C) groups is 1. The van der Waals surface area contributed by atoms with Crippen LogP contribution in [0.2, 0.25) is 0 Å². The minimum atomic E-state index is -1.51. The van der Waals surface area contributed by atoms with Crippen molar-refractivity contribution in [2.75, 3.05) is 5.32 Å². The van der Waals surface area contributed by atoms with Gasteiger partial charge in [-0.15, -0.1) is 0 Å². The number of fused-ring (bicyclic) bond motifs is 1. The molecule has 1 aliphatic heterocycles. The first-order valence-electron chi connectivity index (χ1n) is 4.55. The van der Waals surface area contributed by atoms with Crippen molar-refractivity contribution in [1.29, 1.82) is 0 Å². The third-order valence-electron chi connectivity index (χ3n) is 2.09. The lowest BCUT2D eigenvalue weighted by atomic mass is 10.2. The van der Waals surface area contributed by atoms with E-state index >= 15 is 0 Å². The number of anilines is 1. The smallest absolute Gasteiger partial charge is 0.378 e. The Bertz CT molecular complexity index is 518. The number of carbonyl (C=O) groups is 2. The van der Waals surface area contributed by atoms with Crippen molar-refractivity contribution in [3.63, 3.8) is 0 Å². The number of hydrogen-bond acceptors (Lipinski definition) is 4. The molecule has 1 aromatic carbocycles. The van der Waals surface area contributed by atoms with Crippen LogP contribution in [0.15, 0.2) is 41.2 Å². The van der Waals surface area contributed by atoms with E-state index < -0.39 is 11.8 Å². The van der Waals surface area contributed by atoms with Crippen LogP contribution in [0, 0.1) is 0 Å². The van der Waals surface area contributed by atoms with Gasteiger partial charge in [0.15, 0.2) is 0 Å². The molecule has 0 fully saturated rings. The van der Waals surface area contributed by atoms with Gasteiger partial charge < -0.3 is 10.4 Å². The fraction of sp³-hybridized carbons (Fsp3) is 0. The van der Waals surface area contributed by atoms with E-state index in [0.717, 1.165) is 5.56 Å². The summed E-state index contributed by atoms with van der Waals surface area (Å²) in [5.74, 6) is -2.51. The highest BCUT2D eigenvalue weighted by Gasteiger charge is 2.19. The zero-order valence-corrected chi connectivity index (χ0v) is 8.18. The Morgan fingerprint density at radius 3 is 2.75 bits per heavy atom. The molecule has 0 bridgehead atoms. The fourth-order valence-corrected chi connectivity index (χ4v) is 1.32. The van der Waals surface area contributed by atoms with E-state index in [1.807, 2.05) is 12.1 Å². The second kappa shape index (κ2) is 3.98. The Morgan fingerprint density at radius 2 is 2.00 bits per heavy atom. The summed E-state index contributed by atoms with van der Waals surface area (Å²) in [6.45, 7) is 0. The first-order chi connectivity index (χ1) is 7.68. The van der Waals surface area contributed by atoms with Gasteiger partial charge in [0.1, 0.15) is 5.70 Å². The number of carboxylic acid groups (broad SMARTS) is 1. The molecule has 1 heterocycles. The van der Waals surface area contributed by atoms with Gasteiger partial charge in [-0.25, -0.2) is 4.79 Å². The molecule has 0 spiro atoms. The normalized spacial score (nSPS) is 13.1. The number of para-hydroxylation sites is 1. The van der Waals surface area contributed by atoms with Gasteiger partial charge in [0, 0.05) is 17.5 Å². The lowest BCUT2D eigenvalue weighted by Gasteiger charge is -2.07. The maximum Gasteiger partial charge on any atom is 0.378 e. The third-order valence-corrected chi connectivity index (χ3v) is 2.09. The van der Waals surface area contributed by atoms with Gasteiger partial charge in [-0.2, -0.15) is 0 Å². The molecule has 0 atom stereocenters. The molecule has 80 valence electrons. The van der Waals surface area contributed by atoms with Crippen molar-refractivity contribution in [3.05, 3.63) is 41.7 Å². The average molecular weight is 216 g/mol. The molecule has 0 aromatic heterocycles. The molecule has 0 unspecified atom stereocenters. The summed E-state index contributed by atoms with van der Waals surface area (Å²) in [4.78, 5) is 25.7. The summed E-state index contributed by atoms with van der Waals surface area (Å²) in [5, 5.41) is 11.3. The van der Waals surface area contributed by atoms with Crippen LogP contribution in [0.5, 0.6) is 0 Å². The van der Waals surface area contributed by atoms with Crippen LogP contribution < -0.4 is 5.32 Å². The zero-order valence-electron chi connectivity index (χ0n) is 8.18. The molecule has 0 aliphatic carbocycles. The summed E-state index contributed by atoms with van der Waals surface area (Å²) in [6.07, 6.45) is 2.76. The van der Waals surface area contributed by atoms with Gasteiger partial charge >= 0.3 is 5.97 Å². The number of hydrogen-bond donors (Lipinski definition) is 2. The van der Waals surface area contributed by atoms with Gasteiger partial charge in [0.25, 0.3) is 5.78 Å². The molecule has 0 radical (unpaired) electrons. The predicted octanol–water partition coefficient (Wildman–Crippen LogP) is 1.03. The number of nitrogens with one attached hydrogen (secondary N) is 1. The molecule has 5 heteroatoms. The number of rotatable bonds is 2. The molecule has 1 aliphatic rings. The average Bonchev–Trinajstić information content (AvgIpc) is 2.49. The molecule has 0 saturated carbocycles. The molecule has 2 rings (SSSR count). The van der Waals surface area contributed by atoms with Crippen molar-refractivity contribution in [1.82, 2.24) is 0 Å². The van der Waals surface area contributed by atoms with Crippen LogP contribution in [-0.2, 0) is 9.59 Å². The lowest BCUT2D eigenvalue weighted by molar-refractivity contribution is -0.147. The maximum atomic E-state index is 11.3. The van der Waals surface area contributed by atoms with Gasteiger partial charge in [0.2, 0.25) is 0 Å². The molecular weight excluding hydrogens is 208 g/mol. The van der Waals surface area contributed by atoms with Crippen LogP contribution in [0.3, 0.4) is 0 Å². The minimum Gasteiger partial charge on any atom is -0.475 e. The quantitative estimate of drug-likeness (QED) is 0.723. The Morgan fingerprint density at radius 1 is 1.25 bits per heavy atom. The largest absolute Gasteiger partial charge is 0.475 e. The maximum absolute atomic E-state index is 11.3. The number of carboxylic acids is 1. The highest BCUT2D eigenvalue weighted by atomic mass is 16.4. The van der Waals surface area contributed by atoms with E-state index in [1.165, 1.54) is 6.20 Å². The van der Waals surface area contributed by atoms with Crippen molar-refractivity contribution in [2.45, 2.75) is 0 Å². The van der Waals surface area contributed by atoms with Crippen LogP contribution in [0.4, 0.5) is 5.69 Å². The first-order valence-corrected chi connectivity index (χ1v) is 4.55. The van der Waals surface area contributed by atoms with E-state index in [4.69, 9.17) is 5.11 Å². The Hall–Kier alpha value is -2.43. The van der Waals surface area contributed by atoms with Crippen LogP contribution in [0.1, 0.15) is 5.56 Å². The van der Waals surface area contributed by atoms with E-state index in [9.17, 15) is 9.59 Å². The molecule has 5 nitrogen and oxygen atoms in total. The molecular formula is C11H8N2O3. The SMILES string of the molecule is O=C(O)C(=O)C1=CN=Cc2ccccc2N1. The third kappa shape index (κ3) is 1.83. The predicted molar refractivity (Wildman–Crippen MR) is 58.4 cm³/mol. The number of aliphatic carboxylic acids is 1. The number of nitrogens with zero attached hydrogens (tertiary/aromatic N) is 1. The van der Waals surface area contributed by atoms with Crippen molar-refractivity contribution < 1.29 is 14.7 Å². The Labute approximate surface area is 91.1 Å². The van der Waals surface area contributed by atoms with E-state index in [0.29, 0.717) is 5.69 Å². The minimum absolute atomic E-state index is 0.0475. The highest BCUT2D eigenvalue weighted by Crippen LogP contribution is 2.18. The topological polar surface area (TPSA) is 78.8 Å². The number of benzene rings is 1. The molecule has 2 N–H and O–H groups in total. The van der Waals surface area contributed by atoms with Crippen LogP contribution in [-0.4, -0.2) is 23.1 Å². The standard InChI is InChI=1S/C11H8N2O3/c14-10(11(15)16)9-6-12-5-7-3-1-2-4-8(7)13-9/h1-6,13H,(H,15,16). The van der Waals surface area contributed by atoms with Crippen LogP contribution >= 0.6 is 0 Å². The highest BCUT2D eigenvalue weighted by molar-refractivity contribution is 6.40.